The van der Waals surface area contributed by atoms with E-state index in [4.69, 9.17) is 21.1 Å². The molecule has 0 bridgehead atoms. The maximum Gasteiger partial charge on any atom is 0.231 e. The second kappa shape index (κ2) is 4.97. The van der Waals surface area contributed by atoms with Crippen LogP contribution in [0.2, 0.25) is 5.02 Å². The molecule has 0 atom stereocenters. The molecule has 0 saturated carbocycles. The van der Waals surface area contributed by atoms with E-state index < -0.39 is 10.8 Å². The summed E-state index contributed by atoms with van der Waals surface area (Å²) in [5.41, 5.74) is 0.860. The van der Waals surface area contributed by atoms with Gasteiger partial charge in [-0.05, 0) is 12.8 Å². The van der Waals surface area contributed by atoms with Crippen LogP contribution in [0, 0.1) is 0 Å². The molecule has 2 aliphatic rings. The molecule has 0 aromatic heterocycles. The van der Waals surface area contributed by atoms with Crippen molar-refractivity contribution in [2.45, 2.75) is 18.9 Å². The van der Waals surface area contributed by atoms with Crippen LogP contribution < -0.4 is 14.8 Å². The summed E-state index contributed by atoms with van der Waals surface area (Å²) in [6, 6.07) is 3.98. The van der Waals surface area contributed by atoms with E-state index in [1.807, 2.05) is 6.07 Å². The molecule has 1 aromatic rings. The van der Waals surface area contributed by atoms with Gasteiger partial charge in [0.2, 0.25) is 6.79 Å². The second-order valence-electron chi connectivity index (χ2n) is 4.45. The number of ether oxygens (including phenoxy) is 2. The Morgan fingerprint density at radius 3 is 2.61 bits per heavy atom. The normalized spacial score (nSPS) is 26.1. The molecule has 0 aliphatic carbocycles. The largest absolute Gasteiger partial charge is 0.454 e. The van der Waals surface area contributed by atoms with Gasteiger partial charge in [0.25, 0.3) is 0 Å². The number of rotatable bonds is 2. The topological polar surface area (TPSA) is 47.6 Å². The van der Waals surface area contributed by atoms with E-state index in [1.54, 1.807) is 6.07 Å². The molecule has 4 nitrogen and oxygen atoms in total. The maximum atomic E-state index is 11.3. The van der Waals surface area contributed by atoms with Crippen LogP contribution in [-0.4, -0.2) is 28.5 Å². The van der Waals surface area contributed by atoms with Gasteiger partial charge in [0, 0.05) is 40.5 Å². The minimum atomic E-state index is -0.642. The van der Waals surface area contributed by atoms with Crippen molar-refractivity contribution >= 4 is 28.1 Å². The Hall–Kier alpha value is -0.940. The Morgan fingerprint density at radius 2 is 1.89 bits per heavy atom. The smallest absolute Gasteiger partial charge is 0.231 e. The first kappa shape index (κ1) is 12.1. The van der Waals surface area contributed by atoms with E-state index in [9.17, 15) is 4.21 Å². The van der Waals surface area contributed by atoms with Gasteiger partial charge in [0.15, 0.2) is 11.5 Å². The molecule has 0 amide bonds. The predicted octanol–water partition coefficient (Wildman–Crippen LogP) is 2.39. The number of nitrogens with one attached hydrogen (secondary N) is 1. The number of hydrogen-bond donors (Lipinski definition) is 1. The molecule has 3 rings (SSSR count). The van der Waals surface area contributed by atoms with Crippen molar-refractivity contribution < 1.29 is 13.7 Å². The van der Waals surface area contributed by atoms with Crippen molar-refractivity contribution in [3.05, 3.63) is 17.2 Å². The van der Waals surface area contributed by atoms with E-state index in [2.05, 4.69) is 5.32 Å². The van der Waals surface area contributed by atoms with Crippen LogP contribution in [0.5, 0.6) is 11.5 Å². The van der Waals surface area contributed by atoms with Crippen molar-refractivity contribution in [1.82, 2.24) is 0 Å². The van der Waals surface area contributed by atoms with Crippen LogP contribution in [0.1, 0.15) is 12.8 Å². The maximum absolute atomic E-state index is 11.3. The van der Waals surface area contributed by atoms with Crippen LogP contribution in [0.25, 0.3) is 0 Å². The Balaban J connectivity index is 1.74. The fraction of sp³-hybridized carbons (Fsp3) is 0.500. The third-order valence-electron chi connectivity index (χ3n) is 3.21. The monoisotopic (exact) mass is 287 g/mol. The fourth-order valence-electron chi connectivity index (χ4n) is 2.19. The van der Waals surface area contributed by atoms with Gasteiger partial charge in [-0.25, -0.2) is 0 Å². The van der Waals surface area contributed by atoms with E-state index in [1.165, 1.54) is 0 Å². The van der Waals surface area contributed by atoms with E-state index >= 15 is 0 Å². The zero-order chi connectivity index (χ0) is 12.5. The standard InChI is InChI=1S/C12H14ClNO3S/c13-9-5-11-12(17-7-16-11)6-10(9)14-8-1-3-18(15)4-2-8/h5-6,8,14H,1-4,7H2. The zero-order valence-electron chi connectivity index (χ0n) is 9.78. The van der Waals surface area contributed by atoms with Gasteiger partial charge < -0.3 is 14.8 Å². The molecule has 1 fully saturated rings. The van der Waals surface area contributed by atoms with Crippen molar-refractivity contribution in [1.29, 1.82) is 0 Å². The van der Waals surface area contributed by atoms with Gasteiger partial charge in [-0.1, -0.05) is 11.6 Å². The molecule has 2 aliphatic heterocycles. The highest BCUT2D eigenvalue weighted by Crippen LogP contribution is 2.39. The van der Waals surface area contributed by atoms with Gasteiger partial charge >= 0.3 is 0 Å². The quantitative estimate of drug-likeness (QED) is 0.907. The molecule has 18 heavy (non-hydrogen) atoms. The highest BCUT2D eigenvalue weighted by Gasteiger charge is 2.21. The summed E-state index contributed by atoms with van der Waals surface area (Å²) in [5.74, 6) is 2.94. The first-order chi connectivity index (χ1) is 8.72. The third-order valence-corrected chi connectivity index (χ3v) is 4.90. The number of fused-ring (bicyclic) bond motifs is 1. The minimum Gasteiger partial charge on any atom is -0.454 e. The van der Waals surface area contributed by atoms with Crippen molar-refractivity contribution in [3.8, 4) is 11.5 Å². The molecule has 6 heteroatoms. The third kappa shape index (κ3) is 2.42. The lowest BCUT2D eigenvalue weighted by molar-refractivity contribution is 0.174. The number of benzene rings is 1. The highest BCUT2D eigenvalue weighted by atomic mass is 35.5. The number of anilines is 1. The van der Waals surface area contributed by atoms with Gasteiger partial charge in [-0.3, -0.25) is 4.21 Å². The zero-order valence-corrected chi connectivity index (χ0v) is 11.4. The van der Waals surface area contributed by atoms with Crippen molar-refractivity contribution in [2.24, 2.45) is 0 Å². The SMILES string of the molecule is O=S1CCC(Nc2cc3c(cc2Cl)OCO3)CC1. The summed E-state index contributed by atoms with van der Waals surface area (Å²) in [4.78, 5) is 0. The Morgan fingerprint density at radius 1 is 1.22 bits per heavy atom. The second-order valence-corrected chi connectivity index (χ2v) is 6.56. The van der Waals surface area contributed by atoms with E-state index in [-0.39, 0.29) is 6.79 Å². The van der Waals surface area contributed by atoms with Gasteiger partial charge in [0.1, 0.15) is 0 Å². The van der Waals surface area contributed by atoms with E-state index in [0.717, 1.165) is 35.8 Å². The fourth-order valence-corrected chi connectivity index (χ4v) is 3.69. The first-order valence-corrected chi connectivity index (χ1v) is 7.79. The molecule has 0 radical (unpaired) electrons. The molecule has 1 saturated heterocycles. The molecule has 0 spiro atoms. The Kier molecular flexibility index (Phi) is 3.35. The van der Waals surface area contributed by atoms with Crippen LogP contribution >= 0.6 is 11.6 Å². The van der Waals surface area contributed by atoms with Gasteiger partial charge in [-0.15, -0.1) is 0 Å². The molecule has 1 aromatic carbocycles. The van der Waals surface area contributed by atoms with Crippen LogP contribution in [0.4, 0.5) is 5.69 Å². The lowest BCUT2D eigenvalue weighted by Gasteiger charge is -2.24. The molecular formula is C12H14ClNO3S. The Bertz CT molecular complexity index is 484. The first-order valence-electron chi connectivity index (χ1n) is 5.93. The summed E-state index contributed by atoms with van der Waals surface area (Å²) in [7, 11) is -0.642. The van der Waals surface area contributed by atoms with Gasteiger partial charge in [0.05, 0.1) is 10.7 Å². The number of halogens is 1. The summed E-state index contributed by atoms with van der Waals surface area (Å²) < 4.78 is 21.9. The van der Waals surface area contributed by atoms with Crippen molar-refractivity contribution in [2.75, 3.05) is 23.6 Å². The lowest BCUT2D eigenvalue weighted by Crippen LogP contribution is -2.29. The highest BCUT2D eigenvalue weighted by molar-refractivity contribution is 7.85. The average molecular weight is 288 g/mol. The van der Waals surface area contributed by atoms with Crippen molar-refractivity contribution in [3.63, 3.8) is 0 Å². The average Bonchev–Trinajstić information content (AvgIpc) is 2.79. The van der Waals surface area contributed by atoms with E-state index in [0.29, 0.717) is 16.8 Å². The molecule has 1 N–H and O–H groups in total. The summed E-state index contributed by atoms with van der Waals surface area (Å²) in [6.45, 7) is 0.248. The molecule has 0 unspecified atom stereocenters. The summed E-state index contributed by atoms with van der Waals surface area (Å²) >= 11 is 6.20. The lowest BCUT2D eigenvalue weighted by atomic mass is 10.1. The Labute approximate surface area is 113 Å². The van der Waals surface area contributed by atoms with Crippen LogP contribution in [0.15, 0.2) is 12.1 Å². The summed E-state index contributed by atoms with van der Waals surface area (Å²) in [5, 5.41) is 4.03. The summed E-state index contributed by atoms with van der Waals surface area (Å²) in [6.07, 6.45) is 1.83. The molecule has 98 valence electrons. The van der Waals surface area contributed by atoms with Gasteiger partial charge in [-0.2, -0.15) is 0 Å². The molecular weight excluding hydrogens is 274 g/mol. The van der Waals surface area contributed by atoms with Crippen LogP contribution in [-0.2, 0) is 10.8 Å². The molecule has 2 heterocycles. The predicted molar refractivity (Wildman–Crippen MR) is 72.1 cm³/mol. The van der Waals surface area contributed by atoms with Crippen LogP contribution in [0.3, 0.4) is 0 Å². The minimum absolute atomic E-state index is 0.248. The number of hydrogen-bond acceptors (Lipinski definition) is 4.